The monoisotopic (exact) mass is 301 g/mol. The van der Waals surface area contributed by atoms with E-state index in [0.717, 1.165) is 58.5 Å². The van der Waals surface area contributed by atoms with Crippen LogP contribution in [0.4, 0.5) is 0 Å². The zero-order valence-corrected chi connectivity index (χ0v) is 13.5. The van der Waals surface area contributed by atoms with Crippen molar-refractivity contribution in [1.82, 2.24) is 15.5 Å². The number of fused-ring (bicyclic) bond motifs is 1. The van der Waals surface area contributed by atoms with E-state index >= 15 is 0 Å². The van der Waals surface area contributed by atoms with Gasteiger partial charge in [0.15, 0.2) is 0 Å². The lowest BCUT2D eigenvalue weighted by Crippen LogP contribution is -2.46. The lowest BCUT2D eigenvalue weighted by atomic mass is 9.80. The van der Waals surface area contributed by atoms with Crippen LogP contribution in [0.2, 0.25) is 0 Å². The molecular formula is C18H27N3O. The molecule has 0 radical (unpaired) electrons. The molecule has 0 bridgehead atoms. The van der Waals surface area contributed by atoms with E-state index in [1.54, 1.807) is 0 Å². The number of carbonyl (C=O) groups excluding carboxylic acids is 1. The van der Waals surface area contributed by atoms with Crippen LogP contribution in [-0.4, -0.2) is 37.0 Å². The van der Waals surface area contributed by atoms with Gasteiger partial charge in [-0.05, 0) is 43.5 Å². The molecule has 4 nitrogen and oxygen atoms in total. The van der Waals surface area contributed by atoms with Gasteiger partial charge in [0.25, 0.3) is 0 Å². The summed E-state index contributed by atoms with van der Waals surface area (Å²) in [6.07, 6.45) is 2.91. The second-order valence-electron chi connectivity index (χ2n) is 6.90. The van der Waals surface area contributed by atoms with Gasteiger partial charge < -0.3 is 10.6 Å². The normalized spacial score (nSPS) is 20.6. The highest BCUT2D eigenvalue weighted by Gasteiger charge is 2.34. The van der Waals surface area contributed by atoms with Crippen LogP contribution in [0, 0.1) is 5.41 Å². The number of amides is 1. The van der Waals surface area contributed by atoms with E-state index in [1.165, 1.54) is 11.1 Å². The van der Waals surface area contributed by atoms with E-state index in [1.807, 2.05) is 0 Å². The summed E-state index contributed by atoms with van der Waals surface area (Å²) in [7, 11) is 0. The fourth-order valence-corrected chi connectivity index (χ4v) is 3.49. The standard InChI is InChI=1S/C18H27N3O/c1-18(7-10-19-11-8-18)17(22)20-9-4-12-21-13-15-5-2-3-6-16(15)14-21/h2-3,5-6,19H,4,7-14H2,1H3,(H,20,22). The fraction of sp³-hybridized carbons (Fsp3) is 0.611. The molecular weight excluding hydrogens is 274 g/mol. The number of hydrogen-bond acceptors (Lipinski definition) is 3. The number of piperidine rings is 1. The van der Waals surface area contributed by atoms with Gasteiger partial charge in [-0.1, -0.05) is 31.2 Å². The maximum atomic E-state index is 12.3. The van der Waals surface area contributed by atoms with Crippen molar-refractivity contribution in [3.63, 3.8) is 0 Å². The second kappa shape index (κ2) is 6.80. The Labute approximate surface area is 133 Å². The number of benzene rings is 1. The highest BCUT2D eigenvalue weighted by atomic mass is 16.2. The van der Waals surface area contributed by atoms with Gasteiger partial charge in [0.05, 0.1) is 0 Å². The molecule has 4 heteroatoms. The lowest BCUT2D eigenvalue weighted by molar-refractivity contribution is -0.131. The van der Waals surface area contributed by atoms with Gasteiger partial charge in [-0.25, -0.2) is 0 Å². The predicted octanol–water partition coefficient (Wildman–Crippen LogP) is 1.90. The molecule has 2 aliphatic heterocycles. The first-order valence-corrected chi connectivity index (χ1v) is 8.46. The molecule has 2 aliphatic rings. The Bertz CT molecular complexity index is 498. The lowest BCUT2D eigenvalue weighted by Gasteiger charge is -2.32. The van der Waals surface area contributed by atoms with Crippen molar-refractivity contribution in [3.05, 3.63) is 35.4 Å². The summed E-state index contributed by atoms with van der Waals surface area (Å²) in [6, 6.07) is 8.66. The van der Waals surface area contributed by atoms with Crippen molar-refractivity contribution in [2.45, 2.75) is 39.3 Å². The topological polar surface area (TPSA) is 44.4 Å². The van der Waals surface area contributed by atoms with Crippen LogP contribution in [0.25, 0.3) is 0 Å². The molecule has 1 fully saturated rings. The summed E-state index contributed by atoms with van der Waals surface area (Å²) in [4.78, 5) is 14.8. The van der Waals surface area contributed by atoms with E-state index in [4.69, 9.17) is 0 Å². The van der Waals surface area contributed by atoms with Gasteiger partial charge >= 0.3 is 0 Å². The first-order chi connectivity index (χ1) is 10.7. The van der Waals surface area contributed by atoms with Crippen molar-refractivity contribution < 1.29 is 4.79 Å². The SMILES string of the molecule is CC1(C(=O)NCCCN2Cc3ccccc3C2)CCNCC1. The predicted molar refractivity (Wildman–Crippen MR) is 88.4 cm³/mol. The van der Waals surface area contributed by atoms with Gasteiger partial charge in [0, 0.05) is 31.6 Å². The third-order valence-corrected chi connectivity index (χ3v) is 5.10. The van der Waals surface area contributed by atoms with Crippen molar-refractivity contribution in [2.24, 2.45) is 5.41 Å². The smallest absolute Gasteiger partial charge is 0.226 e. The summed E-state index contributed by atoms with van der Waals surface area (Å²) < 4.78 is 0. The maximum absolute atomic E-state index is 12.3. The molecule has 0 aromatic heterocycles. The van der Waals surface area contributed by atoms with Crippen molar-refractivity contribution >= 4 is 5.91 Å². The summed E-state index contributed by atoms with van der Waals surface area (Å²) in [6.45, 7) is 7.94. The summed E-state index contributed by atoms with van der Waals surface area (Å²) in [5.74, 6) is 0.235. The average Bonchev–Trinajstić information content (AvgIpc) is 2.95. The average molecular weight is 301 g/mol. The van der Waals surface area contributed by atoms with Crippen LogP contribution >= 0.6 is 0 Å². The molecule has 22 heavy (non-hydrogen) atoms. The molecule has 1 saturated heterocycles. The van der Waals surface area contributed by atoms with E-state index in [9.17, 15) is 4.79 Å². The van der Waals surface area contributed by atoms with Crippen LogP contribution in [0.3, 0.4) is 0 Å². The Balaban J connectivity index is 1.37. The highest BCUT2D eigenvalue weighted by Crippen LogP contribution is 2.28. The van der Waals surface area contributed by atoms with E-state index < -0.39 is 0 Å². The minimum absolute atomic E-state index is 0.171. The largest absolute Gasteiger partial charge is 0.356 e. The van der Waals surface area contributed by atoms with Crippen LogP contribution in [0.5, 0.6) is 0 Å². The van der Waals surface area contributed by atoms with Crippen LogP contribution in [0.1, 0.15) is 37.3 Å². The highest BCUT2D eigenvalue weighted by molar-refractivity contribution is 5.82. The van der Waals surface area contributed by atoms with Gasteiger partial charge in [0.2, 0.25) is 5.91 Å². The molecule has 1 aromatic rings. The van der Waals surface area contributed by atoms with Crippen molar-refractivity contribution in [3.8, 4) is 0 Å². The van der Waals surface area contributed by atoms with Crippen molar-refractivity contribution in [1.29, 1.82) is 0 Å². The molecule has 0 spiro atoms. The quantitative estimate of drug-likeness (QED) is 0.817. The Morgan fingerprint density at radius 3 is 2.50 bits per heavy atom. The number of nitrogens with zero attached hydrogens (tertiary/aromatic N) is 1. The molecule has 120 valence electrons. The summed E-state index contributed by atoms with van der Waals surface area (Å²) >= 11 is 0. The van der Waals surface area contributed by atoms with Crippen LogP contribution < -0.4 is 10.6 Å². The Morgan fingerprint density at radius 1 is 1.23 bits per heavy atom. The molecule has 0 aliphatic carbocycles. The molecule has 1 aromatic carbocycles. The Hall–Kier alpha value is -1.39. The first kappa shape index (κ1) is 15.5. The number of nitrogens with one attached hydrogen (secondary N) is 2. The minimum atomic E-state index is -0.171. The third-order valence-electron chi connectivity index (χ3n) is 5.10. The molecule has 1 amide bonds. The zero-order chi connectivity index (χ0) is 15.4. The van der Waals surface area contributed by atoms with Gasteiger partial charge in [0.1, 0.15) is 0 Å². The molecule has 0 saturated carbocycles. The van der Waals surface area contributed by atoms with E-state index in [2.05, 4.69) is 46.7 Å². The van der Waals surface area contributed by atoms with Crippen LogP contribution in [-0.2, 0) is 17.9 Å². The van der Waals surface area contributed by atoms with Crippen molar-refractivity contribution in [2.75, 3.05) is 26.2 Å². The number of hydrogen-bond donors (Lipinski definition) is 2. The fourth-order valence-electron chi connectivity index (χ4n) is 3.49. The van der Waals surface area contributed by atoms with E-state index in [0.29, 0.717) is 0 Å². The maximum Gasteiger partial charge on any atom is 0.226 e. The number of carbonyl (C=O) groups is 1. The number of rotatable bonds is 5. The molecule has 0 atom stereocenters. The first-order valence-electron chi connectivity index (χ1n) is 8.46. The van der Waals surface area contributed by atoms with Gasteiger partial charge in [-0.3, -0.25) is 9.69 Å². The van der Waals surface area contributed by atoms with E-state index in [-0.39, 0.29) is 11.3 Å². The minimum Gasteiger partial charge on any atom is -0.356 e. The molecule has 2 N–H and O–H groups in total. The summed E-state index contributed by atoms with van der Waals surface area (Å²) in [5.41, 5.74) is 2.73. The van der Waals surface area contributed by atoms with Crippen LogP contribution in [0.15, 0.2) is 24.3 Å². The Morgan fingerprint density at radius 2 is 1.86 bits per heavy atom. The second-order valence-corrected chi connectivity index (χ2v) is 6.90. The van der Waals surface area contributed by atoms with Gasteiger partial charge in [-0.15, -0.1) is 0 Å². The molecule has 0 unspecified atom stereocenters. The molecule has 3 rings (SSSR count). The zero-order valence-electron chi connectivity index (χ0n) is 13.5. The third kappa shape index (κ3) is 3.50. The summed E-state index contributed by atoms with van der Waals surface area (Å²) in [5, 5.41) is 6.47. The Kier molecular flexibility index (Phi) is 4.79. The molecule has 2 heterocycles. The van der Waals surface area contributed by atoms with Gasteiger partial charge in [-0.2, -0.15) is 0 Å².